The minimum atomic E-state index is -3.46. The highest BCUT2D eigenvalue weighted by Gasteiger charge is 2.26. The van der Waals surface area contributed by atoms with Crippen molar-refractivity contribution in [3.8, 4) is 0 Å². The molecule has 0 heterocycles. The van der Waals surface area contributed by atoms with Crippen molar-refractivity contribution >= 4 is 37.3 Å². The van der Waals surface area contributed by atoms with Gasteiger partial charge in [-0.25, -0.2) is 0 Å². The fourth-order valence-electron chi connectivity index (χ4n) is 2.60. The normalized spacial score (nSPS) is 13.8. The van der Waals surface area contributed by atoms with E-state index in [1.807, 2.05) is 0 Å². The van der Waals surface area contributed by atoms with E-state index in [1.54, 1.807) is 60.7 Å². The zero-order valence-electron chi connectivity index (χ0n) is 18.8. The number of hydrogen-bond donors (Lipinski definition) is 2. The second kappa shape index (κ2) is 15.2. The molecule has 2 N–H and O–H groups in total. The summed E-state index contributed by atoms with van der Waals surface area (Å²) in [6.45, 7) is 7.17. The van der Waals surface area contributed by atoms with Crippen LogP contribution in [0.2, 0.25) is 0 Å². The van der Waals surface area contributed by atoms with Gasteiger partial charge in [-0.3, -0.25) is 18.7 Å². The Kier molecular flexibility index (Phi) is 13.1. The number of hydrogen-bond acceptors (Lipinski definition) is 6. The number of carboxylic acids is 1. The highest BCUT2D eigenvalue weighted by Crippen LogP contribution is 2.46. The number of aliphatic carboxylic acids is 1. The summed E-state index contributed by atoms with van der Waals surface area (Å²) in [5.41, 5.74) is 0. The SMILES string of the molecule is C=CCOC(=O)CCP(=O)(O)c1ccccc1.C=CCOP(=O)(CCC(=O)O)c1ccccc1. The molecule has 0 aromatic heterocycles. The first-order valence-corrected chi connectivity index (χ1v) is 14.1. The topological polar surface area (TPSA) is 127 Å². The van der Waals surface area contributed by atoms with Crippen LogP contribution in [0.3, 0.4) is 0 Å². The molecule has 184 valence electrons. The van der Waals surface area contributed by atoms with E-state index in [4.69, 9.17) is 14.4 Å². The van der Waals surface area contributed by atoms with Gasteiger partial charge in [0.05, 0.1) is 19.4 Å². The van der Waals surface area contributed by atoms with Crippen LogP contribution < -0.4 is 10.6 Å². The van der Waals surface area contributed by atoms with Crippen molar-refractivity contribution in [3.63, 3.8) is 0 Å². The monoisotopic (exact) mass is 508 g/mol. The van der Waals surface area contributed by atoms with Crippen LogP contribution in [0.25, 0.3) is 0 Å². The summed E-state index contributed by atoms with van der Waals surface area (Å²) in [6, 6.07) is 17.0. The average Bonchev–Trinajstić information content (AvgIpc) is 2.85. The van der Waals surface area contributed by atoms with Crippen LogP contribution in [0.4, 0.5) is 0 Å². The third kappa shape index (κ3) is 10.9. The van der Waals surface area contributed by atoms with Crippen molar-refractivity contribution in [2.24, 2.45) is 0 Å². The van der Waals surface area contributed by atoms with Gasteiger partial charge in [0, 0.05) is 22.9 Å². The third-order valence-corrected chi connectivity index (χ3v) is 8.71. The van der Waals surface area contributed by atoms with Gasteiger partial charge in [-0.15, -0.1) is 6.58 Å². The van der Waals surface area contributed by atoms with E-state index < -0.39 is 26.7 Å². The summed E-state index contributed by atoms with van der Waals surface area (Å²) in [5.74, 6) is -1.47. The Bertz CT molecular complexity index is 1020. The Morgan fingerprint density at radius 3 is 1.85 bits per heavy atom. The second-order valence-corrected chi connectivity index (χ2v) is 11.9. The molecular weight excluding hydrogens is 478 g/mol. The summed E-state index contributed by atoms with van der Waals surface area (Å²) < 4.78 is 34.5. The van der Waals surface area contributed by atoms with Gasteiger partial charge in [-0.1, -0.05) is 55.1 Å². The molecule has 2 aromatic carbocycles. The van der Waals surface area contributed by atoms with Crippen LogP contribution in [-0.4, -0.2) is 47.5 Å². The fourth-order valence-corrected chi connectivity index (χ4v) is 5.97. The molecule has 0 spiro atoms. The Morgan fingerprint density at radius 2 is 1.35 bits per heavy atom. The number of carbonyl (C=O) groups excluding carboxylic acids is 1. The van der Waals surface area contributed by atoms with Crippen molar-refractivity contribution in [3.05, 3.63) is 86.0 Å². The van der Waals surface area contributed by atoms with Crippen LogP contribution in [-0.2, 0) is 28.0 Å². The van der Waals surface area contributed by atoms with Crippen molar-refractivity contribution in [1.29, 1.82) is 0 Å². The maximum Gasteiger partial charge on any atom is 0.306 e. The molecular formula is C24H30O8P2. The summed E-state index contributed by atoms with van der Waals surface area (Å²) in [4.78, 5) is 31.5. The van der Waals surface area contributed by atoms with Gasteiger partial charge in [0.15, 0.2) is 0 Å². The lowest BCUT2D eigenvalue weighted by atomic mass is 10.4. The van der Waals surface area contributed by atoms with Gasteiger partial charge in [-0.2, -0.15) is 0 Å². The molecule has 2 unspecified atom stereocenters. The number of esters is 1. The molecule has 0 saturated heterocycles. The molecule has 0 radical (unpaired) electrons. The summed E-state index contributed by atoms with van der Waals surface area (Å²) >= 11 is 0. The summed E-state index contributed by atoms with van der Waals surface area (Å²) in [6.07, 6.45) is 2.59. The molecule has 8 nitrogen and oxygen atoms in total. The van der Waals surface area contributed by atoms with E-state index in [1.165, 1.54) is 12.2 Å². The molecule has 2 atom stereocenters. The van der Waals surface area contributed by atoms with Crippen LogP contribution in [0.15, 0.2) is 86.0 Å². The van der Waals surface area contributed by atoms with E-state index in [9.17, 15) is 23.6 Å². The highest BCUT2D eigenvalue weighted by atomic mass is 31.2. The van der Waals surface area contributed by atoms with E-state index in [-0.39, 0.29) is 38.4 Å². The minimum Gasteiger partial charge on any atom is -0.481 e. The molecule has 0 fully saturated rings. The standard InChI is InChI=1S/2C12H15O4P/c1-2-9-16-12(13)8-10-17(14,15)11-6-4-3-5-7-11;1-2-9-16-17(15,10-8-12(13)14)11-6-4-3-5-7-11/h2-7H,1,8-10H2,(H,14,15);2-7H,1,8-10H2,(H,13,14). The van der Waals surface area contributed by atoms with E-state index in [0.29, 0.717) is 10.6 Å². The molecule has 10 heteroatoms. The smallest absolute Gasteiger partial charge is 0.306 e. The Labute approximate surface area is 199 Å². The predicted octanol–water partition coefficient (Wildman–Crippen LogP) is 3.97. The second-order valence-electron chi connectivity index (χ2n) is 6.94. The lowest BCUT2D eigenvalue weighted by molar-refractivity contribution is -0.142. The minimum absolute atomic E-state index is 0.000185. The molecule has 0 aliphatic heterocycles. The summed E-state index contributed by atoms with van der Waals surface area (Å²) in [5, 5.41) is 9.55. The fraction of sp³-hybridized carbons (Fsp3) is 0.250. The number of carboxylic acid groups (broad SMARTS) is 1. The quantitative estimate of drug-likeness (QED) is 0.236. The molecule has 0 saturated carbocycles. The lowest BCUT2D eigenvalue weighted by Crippen LogP contribution is -2.12. The molecule has 0 aliphatic carbocycles. The molecule has 2 aromatic rings. The Hall–Kier alpha value is -2.76. The highest BCUT2D eigenvalue weighted by molar-refractivity contribution is 7.67. The Morgan fingerprint density at radius 1 is 0.824 bits per heavy atom. The van der Waals surface area contributed by atoms with Crippen molar-refractivity contribution in [2.45, 2.75) is 12.8 Å². The van der Waals surface area contributed by atoms with Gasteiger partial charge in [0.25, 0.3) is 0 Å². The average molecular weight is 508 g/mol. The first-order valence-electron chi connectivity index (χ1n) is 10.4. The maximum atomic E-state index is 12.5. The van der Waals surface area contributed by atoms with Gasteiger partial charge >= 0.3 is 11.9 Å². The number of benzene rings is 2. The first kappa shape index (κ1) is 29.3. The van der Waals surface area contributed by atoms with E-state index >= 15 is 0 Å². The largest absolute Gasteiger partial charge is 0.481 e. The lowest BCUT2D eigenvalue weighted by Gasteiger charge is -2.17. The van der Waals surface area contributed by atoms with Crippen LogP contribution >= 0.6 is 14.7 Å². The molecule has 2 rings (SSSR count). The van der Waals surface area contributed by atoms with Crippen LogP contribution in [0, 0.1) is 0 Å². The number of ether oxygens (including phenoxy) is 1. The summed E-state index contributed by atoms with van der Waals surface area (Å²) in [7, 11) is -6.55. The third-order valence-electron chi connectivity index (χ3n) is 4.31. The van der Waals surface area contributed by atoms with E-state index in [0.717, 1.165) is 0 Å². The Balaban J connectivity index is 0.000000340. The van der Waals surface area contributed by atoms with Gasteiger partial charge in [-0.05, 0) is 24.3 Å². The van der Waals surface area contributed by atoms with Crippen LogP contribution in [0.1, 0.15) is 12.8 Å². The van der Waals surface area contributed by atoms with E-state index in [2.05, 4.69) is 13.2 Å². The number of rotatable bonds is 13. The maximum absolute atomic E-state index is 12.5. The number of carbonyl (C=O) groups is 2. The first-order chi connectivity index (χ1) is 16.1. The zero-order chi connectivity index (χ0) is 25.5. The molecule has 0 aliphatic rings. The van der Waals surface area contributed by atoms with Crippen molar-refractivity contribution in [1.82, 2.24) is 0 Å². The molecule has 34 heavy (non-hydrogen) atoms. The molecule has 0 bridgehead atoms. The molecule has 0 amide bonds. The van der Waals surface area contributed by atoms with Gasteiger partial charge < -0.3 is 19.3 Å². The van der Waals surface area contributed by atoms with Crippen LogP contribution in [0.5, 0.6) is 0 Å². The van der Waals surface area contributed by atoms with Gasteiger partial charge in [0.2, 0.25) is 14.7 Å². The van der Waals surface area contributed by atoms with Crippen molar-refractivity contribution < 1.29 is 38.0 Å². The predicted molar refractivity (Wildman–Crippen MR) is 133 cm³/mol. The van der Waals surface area contributed by atoms with Crippen molar-refractivity contribution in [2.75, 3.05) is 25.5 Å². The van der Waals surface area contributed by atoms with Gasteiger partial charge in [0.1, 0.15) is 6.61 Å². The zero-order valence-corrected chi connectivity index (χ0v) is 20.6.